The number of likely N-dealkylation sites (tertiary alicyclic amines) is 1. The van der Waals surface area contributed by atoms with E-state index in [1.54, 1.807) is 0 Å². The highest BCUT2D eigenvalue weighted by molar-refractivity contribution is 6.05. The Morgan fingerprint density at radius 2 is 1.67 bits per heavy atom. The van der Waals surface area contributed by atoms with Crippen LogP contribution in [0.3, 0.4) is 0 Å². The summed E-state index contributed by atoms with van der Waals surface area (Å²) in [5.41, 5.74) is 2.21. The van der Waals surface area contributed by atoms with Crippen LogP contribution >= 0.6 is 0 Å². The Hall–Kier alpha value is -2.17. The minimum atomic E-state index is -0.137. The number of aryl methyl sites for hydroxylation is 1. The minimum absolute atomic E-state index is 0.0731. The van der Waals surface area contributed by atoms with Crippen molar-refractivity contribution < 1.29 is 14.4 Å². The molecule has 2 fully saturated rings. The molecule has 5 nitrogen and oxygen atoms in total. The van der Waals surface area contributed by atoms with Crippen LogP contribution in [0.2, 0.25) is 0 Å². The first-order valence-electron chi connectivity index (χ1n) is 8.74. The van der Waals surface area contributed by atoms with Crippen LogP contribution in [0, 0.1) is 18.8 Å². The lowest BCUT2D eigenvalue weighted by molar-refractivity contribution is -0.140. The van der Waals surface area contributed by atoms with Gasteiger partial charge in [-0.3, -0.25) is 19.3 Å². The van der Waals surface area contributed by atoms with Gasteiger partial charge in [0.25, 0.3) is 0 Å². The molecule has 0 spiro atoms. The van der Waals surface area contributed by atoms with Crippen LogP contribution in [0.1, 0.15) is 43.2 Å². The fourth-order valence-corrected chi connectivity index (χ4v) is 3.66. The number of imide groups is 1. The molecule has 2 atom stereocenters. The molecular weight excluding hydrogens is 304 g/mol. The smallest absolute Gasteiger partial charge is 0.233 e. The van der Waals surface area contributed by atoms with E-state index in [0.29, 0.717) is 6.54 Å². The van der Waals surface area contributed by atoms with Crippen LogP contribution in [-0.2, 0) is 20.9 Å². The molecule has 5 heteroatoms. The van der Waals surface area contributed by atoms with Crippen LogP contribution in [0.25, 0.3) is 0 Å². The molecule has 0 unspecified atom stereocenters. The fourth-order valence-electron chi connectivity index (χ4n) is 3.66. The van der Waals surface area contributed by atoms with Gasteiger partial charge in [0.1, 0.15) is 0 Å². The molecule has 1 heterocycles. The van der Waals surface area contributed by atoms with Gasteiger partial charge in [-0.25, -0.2) is 0 Å². The van der Waals surface area contributed by atoms with E-state index in [1.807, 2.05) is 31.2 Å². The van der Waals surface area contributed by atoms with Crippen molar-refractivity contribution in [2.45, 2.75) is 45.6 Å². The van der Waals surface area contributed by atoms with Crippen LogP contribution in [0.5, 0.6) is 0 Å². The van der Waals surface area contributed by atoms with Gasteiger partial charge in [0.2, 0.25) is 17.7 Å². The minimum Gasteiger partial charge on any atom is -0.352 e. The number of hydrogen-bond donors (Lipinski definition) is 1. The number of nitrogens with zero attached hydrogens (tertiary/aromatic N) is 1. The molecule has 1 aliphatic carbocycles. The molecule has 0 radical (unpaired) electrons. The summed E-state index contributed by atoms with van der Waals surface area (Å²) in [4.78, 5) is 38.0. The third-order valence-corrected chi connectivity index (χ3v) is 5.11. The van der Waals surface area contributed by atoms with Crippen molar-refractivity contribution >= 4 is 17.7 Å². The number of carbonyl (C=O) groups excluding carboxylic acids is 3. The predicted octanol–water partition coefficient (Wildman–Crippen LogP) is 2.18. The maximum Gasteiger partial charge on any atom is 0.233 e. The second-order valence-electron chi connectivity index (χ2n) is 6.84. The second kappa shape index (κ2) is 7.16. The Morgan fingerprint density at radius 1 is 1.08 bits per heavy atom. The molecule has 128 valence electrons. The van der Waals surface area contributed by atoms with Crippen LogP contribution in [-0.4, -0.2) is 29.2 Å². The number of amides is 3. The normalized spacial score (nSPS) is 23.3. The molecule has 2 aliphatic rings. The molecule has 1 N–H and O–H groups in total. The van der Waals surface area contributed by atoms with Gasteiger partial charge in [0, 0.05) is 19.5 Å². The van der Waals surface area contributed by atoms with E-state index < -0.39 is 0 Å². The summed E-state index contributed by atoms with van der Waals surface area (Å²) in [6.45, 7) is 2.68. The standard InChI is InChI=1S/C19H24N2O3/c1-13-6-8-14(9-7-13)12-20-17(22)10-11-21-18(23)15-4-2-3-5-16(15)19(21)24/h6-9,15-16H,2-5,10-12H2,1H3,(H,20,22)/t15-,16-/m0/s1. The molecule has 24 heavy (non-hydrogen) atoms. The van der Waals surface area contributed by atoms with Gasteiger partial charge in [-0.1, -0.05) is 42.7 Å². The monoisotopic (exact) mass is 328 g/mol. The zero-order chi connectivity index (χ0) is 17.1. The average Bonchev–Trinajstić information content (AvgIpc) is 2.84. The summed E-state index contributed by atoms with van der Waals surface area (Å²) in [7, 11) is 0. The van der Waals surface area contributed by atoms with Gasteiger partial charge in [-0.15, -0.1) is 0 Å². The van der Waals surface area contributed by atoms with Crippen molar-refractivity contribution in [3.8, 4) is 0 Å². The lowest BCUT2D eigenvalue weighted by Gasteiger charge is -2.19. The molecule has 1 saturated carbocycles. The Labute approximate surface area is 142 Å². The number of rotatable bonds is 5. The highest BCUT2D eigenvalue weighted by atomic mass is 16.2. The number of benzene rings is 1. The summed E-state index contributed by atoms with van der Waals surface area (Å²) in [5, 5.41) is 2.85. The van der Waals surface area contributed by atoms with Crippen molar-refractivity contribution in [1.82, 2.24) is 10.2 Å². The molecule has 0 aromatic heterocycles. The van der Waals surface area contributed by atoms with E-state index >= 15 is 0 Å². The molecule has 1 aromatic carbocycles. The van der Waals surface area contributed by atoms with Crippen molar-refractivity contribution in [2.75, 3.05) is 6.54 Å². The van der Waals surface area contributed by atoms with Crippen molar-refractivity contribution in [2.24, 2.45) is 11.8 Å². The third-order valence-electron chi connectivity index (χ3n) is 5.11. The van der Waals surface area contributed by atoms with E-state index in [4.69, 9.17) is 0 Å². The largest absolute Gasteiger partial charge is 0.352 e. The van der Waals surface area contributed by atoms with Crippen molar-refractivity contribution in [3.63, 3.8) is 0 Å². The molecule has 3 rings (SSSR count). The first-order chi connectivity index (χ1) is 11.6. The van der Waals surface area contributed by atoms with Gasteiger partial charge in [0.05, 0.1) is 11.8 Å². The zero-order valence-corrected chi connectivity index (χ0v) is 14.1. The summed E-state index contributed by atoms with van der Waals surface area (Å²) >= 11 is 0. The second-order valence-corrected chi connectivity index (χ2v) is 6.84. The predicted molar refractivity (Wildman–Crippen MR) is 89.8 cm³/mol. The first-order valence-corrected chi connectivity index (χ1v) is 8.74. The first kappa shape index (κ1) is 16.7. The molecule has 1 aromatic rings. The van der Waals surface area contributed by atoms with Crippen molar-refractivity contribution in [1.29, 1.82) is 0 Å². The van der Waals surface area contributed by atoms with E-state index in [0.717, 1.165) is 31.2 Å². The van der Waals surface area contributed by atoms with Crippen molar-refractivity contribution in [3.05, 3.63) is 35.4 Å². The molecule has 1 aliphatic heterocycles. The van der Waals surface area contributed by atoms with Gasteiger partial charge >= 0.3 is 0 Å². The van der Waals surface area contributed by atoms with E-state index in [9.17, 15) is 14.4 Å². The summed E-state index contributed by atoms with van der Waals surface area (Å²) in [6, 6.07) is 7.97. The number of fused-ring (bicyclic) bond motifs is 1. The topological polar surface area (TPSA) is 66.5 Å². The molecule has 1 saturated heterocycles. The fraction of sp³-hybridized carbons (Fsp3) is 0.526. The molecule has 0 bridgehead atoms. The summed E-state index contributed by atoms with van der Waals surface area (Å²) in [6.07, 6.45) is 3.83. The Bertz CT molecular complexity index is 615. The highest BCUT2D eigenvalue weighted by Crippen LogP contribution is 2.37. The zero-order valence-electron chi connectivity index (χ0n) is 14.1. The number of hydrogen-bond acceptors (Lipinski definition) is 3. The van der Waals surface area contributed by atoms with Crippen LogP contribution in [0.4, 0.5) is 0 Å². The lowest BCUT2D eigenvalue weighted by atomic mass is 9.81. The quantitative estimate of drug-likeness (QED) is 0.843. The Balaban J connectivity index is 1.48. The van der Waals surface area contributed by atoms with Gasteiger partial charge < -0.3 is 5.32 Å². The maximum atomic E-state index is 12.3. The molecular formula is C19H24N2O3. The SMILES string of the molecule is Cc1ccc(CNC(=O)CCN2C(=O)[C@H]3CCCC[C@@H]3C2=O)cc1. The van der Waals surface area contributed by atoms with E-state index in [-0.39, 0.29) is 42.5 Å². The summed E-state index contributed by atoms with van der Waals surface area (Å²) in [5.74, 6) is -0.554. The number of nitrogens with one attached hydrogen (secondary N) is 1. The lowest BCUT2D eigenvalue weighted by Crippen LogP contribution is -2.35. The van der Waals surface area contributed by atoms with E-state index in [2.05, 4.69) is 5.32 Å². The van der Waals surface area contributed by atoms with E-state index in [1.165, 1.54) is 10.5 Å². The van der Waals surface area contributed by atoms with Gasteiger partial charge in [-0.05, 0) is 25.3 Å². The Kier molecular flexibility index (Phi) is 4.97. The average molecular weight is 328 g/mol. The van der Waals surface area contributed by atoms with Crippen LogP contribution < -0.4 is 5.32 Å². The highest BCUT2D eigenvalue weighted by Gasteiger charge is 2.47. The third kappa shape index (κ3) is 3.50. The molecule has 3 amide bonds. The van der Waals surface area contributed by atoms with Gasteiger partial charge in [0.15, 0.2) is 0 Å². The maximum absolute atomic E-state index is 12.3. The van der Waals surface area contributed by atoms with Crippen LogP contribution in [0.15, 0.2) is 24.3 Å². The Morgan fingerprint density at radius 3 is 2.25 bits per heavy atom. The summed E-state index contributed by atoms with van der Waals surface area (Å²) < 4.78 is 0. The van der Waals surface area contributed by atoms with Gasteiger partial charge in [-0.2, -0.15) is 0 Å². The number of carbonyl (C=O) groups is 3.